The van der Waals surface area contributed by atoms with Crippen molar-refractivity contribution in [1.29, 1.82) is 0 Å². The molecule has 1 aromatic rings. The first-order valence-corrected chi connectivity index (χ1v) is 3.18. The minimum atomic E-state index is -0.425. The summed E-state index contributed by atoms with van der Waals surface area (Å²) in [6, 6.07) is 6.63. The number of rotatable bonds is 0. The van der Waals surface area contributed by atoms with Gasteiger partial charge in [0.25, 0.3) is 11.8 Å². The summed E-state index contributed by atoms with van der Waals surface area (Å²) in [5, 5.41) is 3.28. The number of benzene rings is 1. The fraction of sp³-hybridized carbons (Fsp3) is 0. The second-order valence-electron chi connectivity index (χ2n) is 2.27. The summed E-state index contributed by atoms with van der Waals surface area (Å²) in [7, 11) is 0. The monoisotopic (exact) mass is 146 g/mol. The topological polar surface area (TPSA) is 48.2 Å². The summed E-state index contributed by atoms with van der Waals surface area (Å²) in [6.07, 6.45) is 0. The van der Waals surface area contributed by atoms with E-state index in [1.54, 1.807) is 24.3 Å². The Morgan fingerprint density at radius 3 is 1.82 bits per heavy atom. The Kier molecular flexibility index (Phi) is 1.06. The van der Waals surface area contributed by atoms with Gasteiger partial charge in [-0.3, -0.25) is 9.59 Å². The molecular formula is C8H4NO2. The molecule has 1 aliphatic rings. The summed E-state index contributed by atoms with van der Waals surface area (Å²) in [5.41, 5.74) is 0.829. The Morgan fingerprint density at radius 2 is 1.36 bits per heavy atom. The van der Waals surface area contributed by atoms with E-state index in [0.717, 1.165) is 0 Å². The smallest absolute Gasteiger partial charge is 0.267 e. The molecule has 0 bridgehead atoms. The van der Waals surface area contributed by atoms with Crippen LogP contribution in [0, 0.1) is 0 Å². The number of amides is 2. The van der Waals surface area contributed by atoms with Crippen molar-refractivity contribution in [2.24, 2.45) is 0 Å². The van der Waals surface area contributed by atoms with Crippen LogP contribution in [0.5, 0.6) is 0 Å². The Hall–Kier alpha value is -1.64. The predicted molar refractivity (Wildman–Crippen MR) is 37.2 cm³/mol. The van der Waals surface area contributed by atoms with Crippen LogP contribution in [0.4, 0.5) is 0 Å². The van der Waals surface area contributed by atoms with E-state index < -0.39 is 11.8 Å². The third-order valence-corrected chi connectivity index (χ3v) is 1.59. The van der Waals surface area contributed by atoms with E-state index in [9.17, 15) is 9.59 Å². The van der Waals surface area contributed by atoms with Crippen LogP contribution in [0.15, 0.2) is 24.3 Å². The van der Waals surface area contributed by atoms with Crippen molar-refractivity contribution in [2.75, 3.05) is 0 Å². The van der Waals surface area contributed by atoms with Crippen LogP contribution in [0.25, 0.3) is 0 Å². The number of carbonyl (C=O) groups excluding carboxylic acids is 2. The molecule has 0 saturated carbocycles. The minimum absolute atomic E-state index is 0.414. The molecule has 53 valence electrons. The average Bonchev–Trinajstić information content (AvgIpc) is 2.30. The molecule has 3 heteroatoms. The second kappa shape index (κ2) is 1.92. The van der Waals surface area contributed by atoms with Crippen molar-refractivity contribution in [1.82, 2.24) is 5.32 Å². The van der Waals surface area contributed by atoms with Crippen molar-refractivity contribution in [3.05, 3.63) is 35.4 Å². The molecule has 0 aromatic heterocycles. The van der Waals surface area contributed by atoms with E-state index in [-0.39, 0.29) is 0 Å². The van der Waals surface area contributed by atoms with Crippen molar-refractivity contribution in [2.45, 2.75) is 0 Å². The van der Waals surface area contributed by atoms with Gasteiger partial charge in [0.05, 0.1) is 11.1 Å². The SMILES string of the molecule is O=C1[N]C(=O)c2ccccc21. The van der Waals surface area contributed by atoms with Gasteiger partial charge in [0.15, 0.2) is 0 Å². The molecule has 1 radical (unpaired) electrons. The van der Waals surface area contributed by atoms with E-state index in [1.165, 1.54) is 0 Å². The van der Waals surface area contributed by atoms with Gasteiger partial charge in [0.2, 0.25) is 0 Å². The third-order valence-electron chi connectivity index (χ3n) is 1.59. The van der Waals surface area contributed by atoms with Crippen molar-refractivity contribution in [3.8, 4) is 0 Å². The lowest BCUT2D eigenvalue weighted by molar-refractivity contribution is 0.0873. The minimum Gasteiger partial charge on any atom is -0.267 e. The maximum absolute atomic E-state index is 10.9. The van der Waals surface area contributed by atoms with E-state index >= 15 is 0 Å². The number of nitrogens with zero attached hydrogens (tertiary/aromatic N) is 1. The maximum atomic E-state index is 10.9. The van der Waals surface area contributed by atoms with Crippen LogP contribution in [0.3, 0.4) is 0 Å². The highest BCUT2D eigenvalue weighted by molar-refractivity contribution is 6.21. The Morgan fingerprint density at radius 1 is 0.909 bits per heavy atom. The number of imide groups is 1. The molecule has 1 aliphatic heterocycles. The molecule has 2 rings (SSSR count). The first-order chi connectivity index (χ1) is 5.29. The van der Waals surface area contributed by atoms with Crippen LogP contribution >= 0.6 is 0 Å². The number of fused-ring (bicyclic) bond motifs is 1. The fourth-order valence-electron chi connectivity index (χ4n) is 1.07. The summed E-state index contributed by atoms with van der Waals surface area (Å²) >= 11 is 0. The Balaban J connectivity index is 2.69. The van der Waals surface area contributed by atoms with Gasteiger partial charge in [0.1, 0.15) is 0 Å². The van der Waals surface area contributed by atoms with E-state index in [1.807, 2.05) is 0 Å². The van der Waals surface area contributed by atoms with E-state index in [4.69, 9.17) is 0 Å². The number of hydrogen-bond acceptors (Lipinski definition) is 2. The average molecular weight is 146 g/mol. The van der Waals surface area contributed by atoms with Gasteiger partial charge in [0, 0.05) is 0 Å². The van der Waals surface area contributed by atoms with Crippen LogP contribution in [-0.4, -0.2) is 11.8 Å². The molecule has 0 spiro atoms. The molecule has 3 nitrogen and oxygen atoms in total. The first-order valence-electron chi connectivity index (χ1n) is 3.18. The van der Waals surface area contributed by atoms with Crippen LogP contribution in [-0.2, 0) is 0 Å². The zero-order chi connectivity index (χ0) is 7.84. The molecule has 0 aliphatic carbocycles. The highest BCUT2D eigenvalue weighted by atomic mass is 16.2. The van der Waals surface area contributed by atoms with Crippen molar-refractivity contribution < 1.29 is 9.59 Å². The largest absolute Gasteiger partial charge is 0.281 e. The van der Waals surface area contributed by atoms with Gasteiger partial charge >= 0.3 is 0 Å². The zero-order valence-electron chi connectivity index (χ0n) is 5.57. The normalized spacial score (nSPS) is 14.5. The molecule has 0 fully saturated rings. The van der Waals surface area contributed by atoms with Gasteiger partial charge in [-0.1, -0.05) is 12.1 Å². The van der Waals surface area contributed by atoms with Gasteiger partial charge in [-0.2, -0.15) is 5.32 Å². The molecule has 1 aromatic carbocycles. The molecule has 1 heterocycles. The highest BCUT2D eigenvalue weighted by Gasteiger charge is 2.27. The van der Waals surface area contributed by atoms with Gasteiger partial charge in [-0.25, -0.2) is 0 Å². The van der Waals surface area contributed by atoms with E-state index in [0.29, 0.717) is 11.1 Å². The van der Waals surface area contributed by atoms with Gasteiger partial charge in [-0.15, -0.1) is 0 Å². The van der Waals surface area contributed by atoms with Crippen LogP contribution in [0.2, 0.25) is 0 Å². The summed E-state index contributed by atoms with van der Waals surface area (Å²) in [5.74, 6) is -0.851. The van der Waals surface area contributed by atoms with Gasteiger partial charge < -0.3 is 0 Å². The lowest BCUT2D eigenvalue weighted by Crippen LogP contribution is -2.10. The Bertz CT molecular complexity index is 311. The summed E-state index contributed by atoms with van der Waals surface area (Å²) < 4.78 is 0. The lowest BCUT2D eigenvalue weighted by atomic mass is 10.1. The Labute approximate surface area is 63.0 Å². The standard InChI is InChI=1S/C8H4NO2/c10-7-5-3-1-2-4-6(5)8(11)9-7/h1-4H. The fourth-order valence-corrected chi connectivity index (χ4v) is 1.07. The maximum Gasteiger partial charge on any atom is 0.281 e. The number of carbonyl (C=O) groups is 2. The molecule has 0 N–H and O–H groups in total. The highest BCUT2D eigenvalue weighted by Crippen LogP contribution is 2.14. The molecule has 0 atom stereocenters. The molecular weight excluding hydrogens is 142 g/mol. The second-order valence-corrected chi connectivity index (χ2v) is 2.27. The van der Waals surface area contributed by atoms with Crippen LogP contribution in [0.1, 0.15) is 20.7 Å². The predicted octanol–water partition coefficient (Wildman–Crippen LogP) is 0.585. The van der Waals surface area contributed by atoms with Gasteiger partial charge in [-0.05, 0) is 12.1 Å². The molecule has 0 saturated heterocycles. The molecule has 0 unspecified atom stereocenters. The number of hydrogen-bond donors (Lipinski definition) is 0. The zero-order valence-corrected chi connectivity index (χ0v) is 5.57. The summed E-state index contributed by atoms with van der Waals surface area (Å²) in [4.78, 5) is 21.8. The summed E-state index contributed by atoms with van der Waals surface area (Å²) in [6.45, 7) is 0. The first kappa shape index (κ1) is 6.09. The van der Waals surface area contributed by atoms with Crippen LogP contribution < -0.4 is 5.32 Å². The van der Waals surface area contributed by atoms with Crippen molar-refractivity contribution in [3.63, 3.8) is 0 Å². The molecule has 2 amide bonds. The van der Waals surface area contributed by atoms with Crippen molar-refractivity contribution >= 4 is 11.8 Å². The third kappa shape index (κ3) is 0.741. The molecule has 11 heavy (non-hydrogen) atoms. The quantitative estimate of drug-likeness (QED) is 0.503. The van der Waals surface area contributed by atoms with E-state index in [2.05, 4.69) is 5.32 Å². The lowest BCUT2D eigenvalue weighted by Gasteiger charge is -1.88.